The van der Waals surface area contributed by atoms with Crippen molar-refractivity contribution in [2.75, 3.05) is 7.05 Å². The highest BCUT2D eigenvalue weighted by Crippen LogP contribution is 1.89. The third-order valence-electron chi connectivity index (χ3n) is 1.08. The van der Waals surface area contributed by atoms with Gasteiger partial charge in [0.05, 0.1) is 0 Å². The van der Waals surface area contributed by atoms with E-state index in [-0.39, 0.29) is 0 Å². The largest absolute Gasteiger partial charge is 0.313 e. The average molecular weight is 153 g/mol. The Balaban J connectivity index is 4.33. The summed E-state index contributed by atoms with van der Waals surface area (Å²) in [5.41, 5.74) is 0.779. The molecule has 0 aromatic carbocycles. The van der Waals surface area contributed by atoms with Crippen LogP contribution in [0.4, 0.5) is 0 Å². The van der Waals surface area contributed by atoms with E-state index in [1.165, 1.54) is 0 Å². The van der Waals surface area contributed by atoms with E-state index in [2.05, 4.69) is 22.0 Å². The fourth-order valence-corrected chi connectivity index (χ4v) is 0.456. The van der Waals surface area contributed by atoms with Crippen molar-refractivity contribution < 1.29 is 4.79 Å². The Bertz CT molecular complexity index is 206. The summed E-state index contributed by atoms with van der Waals surface area (Å²) >= 11 is 0. The van der Waals surface area contributed by atoms with Crippen LogP contribution in [0.1, 0.15) is 6.92 Å². The molecule has 0 radical (unpaired) electrons. The second-order valence-electron chi connectivity index (χ2n) is 1.81. The Kier molecular flexibility index (Phi) is 4.64. The van der Waals surface area contributed by atoms with Crippen LogP contribution in [0, 0.1) is 0 Å². The summed E-state index contributed by atoms with van der Waals surface area (Å²) in [5.74, 6) is 0.406. The third kappa shape index (κ3) is 4.02. The van der Waals surface area contributed by atoms with E-state index in [4.69, 9.17) is 0 Å². The predicted molar refractivity (Wildman–Crippen MR) is 45.9 cm³/mol. The Morgan fingerprint density at radius 2 is 2.27 bits per heavy atom. The van der Waals surface area contributed by atoms with Gasteiger partial charge in [-0.1, -0.05) is 0 Å². The average Bonchev–Trinajstić information content (AvgIpc) is 2.03. The van der Waals surface area contributed by atoms with Gasteiger partial charge in [0.1, 0.15) is 5.82 Å². The molecule has 0 aromatic rings. The Morgan fingerprint density at radius 3 is 2.64 bits per heavy atom. The van der Waals surface area contributed by atoms with Gasteiger partial charge in [0.25, 0.3) is 0 Å². The maximum absolute atomic E-state index is 9.96. The number of hydrogen-bond acceptors (Lipinski definition) is 3. The molecule has 0 aliphatic carbocycles. The van der Waals surface area contributed by atoms with Crippen LogP contribution in [0.5, 0.6) is 0 Å². The number of aliphatic imine (C=N–C) groups is 2. The summed E-state index contributed by atoms with van der Waals surface area (Å²) in [7, 11) is 1.66. The van der Waals surface area contributed by atoms with E-state index >= 15 is 0 Å². The van der Waals surface area contributed by atoms with Gasteiger partial charge >= 0.3 is 0 Å². The normalized spacial score (nSPS) is 12.5. The molecule has 0 spiro atoms. The number of hydrogen-bond donors (Lipinski definition) is 1. The van der Waals surface area contributed by atoms with Gasteiger partial charge in [-0.25, -0.2) is 4.99 Å². The minimum atomic E-state index is 0.406. The van der Waals surface area contributed by atoms with Crippen molar-refractivity contribution in [3.05, 3.63) is 11.9 Å². The second kappa shape index (κ2) is 5.34. The Labute approximate surface area is 65.7 Å². The lowest BCUT2D eigenvalue weighted by atomic mass is 10.4. The van der Waals surface area contributed by atoms with Gasteiger partial charge in [0.2, 0.25) is 6.41 Å². The fourth-order valence-electron chi connectivity index (χ4n) is 0.456. The van der Waals surface area contributed by atoms with Crippen molar-refractivity contribution >= 4 is 18.8 Å². The molecule has 0 saturated heterocycles. The molecule has 1 amide bonds. The smallest absolute Gasteiger partial charge is 0.212 e. The van der Waals surface area contributed by atoms with Gasteiger partial charge in [-0.15, -0.1) is 0 Å². The second-order valence-corrected chi connectivity index (χ2v) is 1.81. The summed E-state index contributed by atoms with van der Waals surface area (Å²) in [6.45, 7) is 5.08. The molecule has 0 bridgehead atoms. The van der Waals surface area contributed by atoms with E-state index in [1.54, 1.807) is 20.0 Å². The maximum atomic E-state index is 9.96. The lowest BCUT2D eigenvalue weighted by Gasteiger charge is -1.96. The monoisotopic (exact) mass is 153 g/mol. The molecule has 0 unspecified atom stereocenters. The van der Waals surface area contributed by atoms with Gasteiger partial charge in [-0.05, 0) is 13.6 Å². The molecule has 1 N–H and O–H groups in total. The molecule has 4 nitrogen and oxygen atoms in total. The molecule has 0 aliphatic rings. The number of nitrogens with zero attached hydrogens (tertiary/aromatic N) is 2. The molecular formula is C7H11N3O. The predicted octanol–water partition coefficient (Wildman–Crippen LogP) is 0.365. The molecule has 0 saturated carbocycles. The number of allylic oxidation sites excluding steroid dienone is 1. The van der Waals surface area contributed by atoms with Crippen molar-refractivity contribution in [1.29, 1.82) is 0 Å². The van der Waals surface area contributed by atoms with Gasteiger partial charge in [0.15, 0.2) is 0 Å². The maximum Gasteiger partial charge on any atom is 0.212 e. The summed E-state index contributed by atoms with van der Waals surface area (Å²) in [5, 5.41) is 2.37. The molecule has 0 heterocycles. The SMILES string of the molecule is C=N/C(=C\C(C)=N/C)NC=O. The van der Waals surface area contributed by atoms with Crippen LogP contribution >= 0.6 is 0 Å². The zero-order chi connectivity index (χ0) is 8.69. The van der Waals surface area contributed by atoms with Crippen LogP contribution < -0.4 is 5.32 Å². The first-order chi connectivity index (χ1) is 5.24. The van der Waals surface area contributed by atoms with Crippen molar-refractivity contribution in [3.63, 3.8) is 0 Å². The van der Waals surface area contributed by atoms with Crippen LogP contribution in [-0.4, -0.2) is 25.9 Å². The number of carbonyl (C=O) groups is 1. The lowest BCUT2D eigenvalue weighted by Crippen LogP contribution is -2.09. The number of rotatable bonds is 4. The van der Waals surface area contributed by atoms with Crippen LogP contribution in [0.15, 0.2) is 21.9 Å². The number of nitrogens with one attached hydrogen (secondary N) is 1. The van der Waals surface area contributed by atoms with Crippen molar-refractivity contribution in [2.45, 2.75) is 6.92 Å². The van der Waals surface area contributed by atoms with Crippen LogP contribution in [0.2, 0.25) is 0 Å². The number of amides is 1. The molecule has 0 rings (SSSR count). The first kappa shape index (κ1) is 9.55. The summed E-state index contributed by atoms with van der Waals surface area (Å²) in [4.78, 5) is 17.4. The molecule has 0 aliphatic heterocycles. The highest BCUT2D eigenvalue weighted by atomic mass is 16.1. The van der Waals surface area contributed by atoms with Crippen molar-refractivity contribution in [3.8, 4) is 0 Å². The van der Waals surface area contributed by atoms with Crippen molar-refractivity contribution in [2.24, 2.45) is 9.98 Å². The van der Waals surface area contributed by atoms with E-state index in [0.29, 0.717) is 12.2 Å². The summed E-state index contributed by atoms with van der Waals surface area (Å²) < 4.78 is 0. The van der Waals surface area contributed by atoms with E-state index in [9.17, 15) is 4.79 Å². The Morgan fingerprint density at radius 1 is 1.64 bits per heavy atom. The molecular weight excluding hydrogens is 142 g/mol. The standard InChI is InChI=1S/C7H11N3O/c1-6(8-2)4-7(9-3)10-5-11/h4-5H,3H2,1-2H3,(H,10,11)/b7-4+,8-6-. The van der Waals surface area contributed by atoms with Crippen LogP contribution in [-0.2, 0) is 4.79 Å². The summed E-state index contributed by atoms with van der Waals surface area (Å²) in [6, 6.07) is 0. The topological polar surface area (TPSA) is 53.8 Å². The highest BCUT2D eigenvalue weighted by molar-refractivity contribution is 5.93. The van der Waals surface area contributed by atoms with Gasteiger partial charge in [-0.3, -0.25) is 9.79 Å². The lowest BCUT2D eigenvalue weighted by molar-refractivity contribution is -0.108. The first-order valence-electron chi connectivity index (χ1n) is 3.06. The third-order valence-corrected chi connectivity index (χ3v) is 1.08. The molecule has 0 atom stereocenters. The molecule has 11 heavy (non-hydrogen) atoms. The molecule has 60 valence electrons. The van der Waals surface area contributed by atoms with E-state index < -0.39 is 0 Å². The number of carbonyl (C=O) groups excluding carboxylic acids is 1. The van der Waals surface area contributed by atoms with Gasteiger partial charge < -0.3 is 5.32 Å². The summed E-state index contributed by atoms with van der Waals surface area (Å²) in [6.07, 6.45) is 2.17. The molecule has 0 fully saturated rings. The van der Waals surface area contributed by atoms with Crippen LogP contribution in [0.3, 0.4) is 0 Å². The zero-order valence-electron chi connectivity index (χ0n) is 6.66. The van der Waals surface area contributed by atoms with E-state index in [0.717, 1.165) is 5.71 Å². The van der Waals surface area contributed by atoms with Crippen LogP contribution in [0.25, 0.3) is 0 Å². The Hall–Kier alpha value is -1.45. The van der Waals surface area contributed by atoms with Gasteiger partial charge in [0, 0.05) is 18.8 Å². The van der Waals surface area contributed by atoms with Gasteiger partial charge in [-0.2, -0.15) is 0 Å². The molecule has 0 aromatic heterocycles. The minimum absolute atomic E-state index is 0.406. The fraction of sp³-hybridized carbons (Fsp3) is 0.286. The zero-order valence-corrected chi connectivity index (χ0v) is 6.66. The highest BCUT2D eigenvalue weighted by Gasteiger charge is 1.89. The minimum Gasteiger partial charge on any atom is -0.313 e. The quantitative estimate of drug-likeness (QED) is 0.460. The first-order valence-corrected chi connectivity index (χ1v) is 3.06. The van der Waals surface area contributed by atoms with Crippen molar-refractivity contribution in [1.82, 2.24) is 5.32 Å². The van der Waals surface area contributed by atoms with E-state index in [1.807, 2.05) is 0 Å². The molecule has 4 heteroatoms.